The summed E-state index contributed by atoms with van der Waals surface area (Å²) in [5, 5.41) is 13.1. The minimum atomic E-state index is -0.778. The summed E-state index contributed by atoms with van der Waals surface area (Å²) in [7, 11) is 0. The van der Waals surface area contributed by atoms with Crippen molar-refractivity contribution in [2.75, 3.05) is 13.1 Å². The summed E-state index contributed by atoms with van der Waals surface area (Å²) >= 11 is 0. The van der Waals surface area contributed by atoms with E-state index in [0.29, 0.717) is 19.5 Å². The molecule has 0 saturated carbocycles. The second-order valence-corrected chi connectivity index (χ2v) is 5.73. The lowest BCUT2D eigenvalue weighted by molar-refractivity contribution is -0.135. The van der Waals surface area contributed by atoms with Crippen molar-refractivity contribution in [3.63, 3.8) is 0 Å². The number of piperidine rings is 1. The molecule has 2 amide bonds. The Hall–Kier alpha value is -1.88. The highest BCUT2D eigenvalue weighted by Gasteiger charge is 2.25. The number of aliphatic hydroxyl groups excluding tert-OH is 1. The fourth-order valence-electron chi connectivity index (χ4n) is 2.74. The van der Waals surface area contributed by atoms with Crippen LogP contribution in [0, 0.1) is 0 Å². The number of aliphatic hydroxyl groups is 1. The van der Waals surface area contributed by atoms with Crippen molar-refractivity contribution < 1.29 is 14.7 Å². The van der Waals surface area contributed by atoms with Crippen LogP contribution in [0.25, 0.3) is 0 Å². The van der Waals surface area contributed by atoms with Crippen molar-refractivity contribution in [2.24, 2.45) is 0 Å². The minimum absolute atomic E-state index is 0.0172. The third-order valence-corrected chi connectivity index (χ3v) is 4.01. The predicted molar refractivity (Wildman–Crippen MR) is 84.1 cm³/mol. The van der Waals surface area contributed by atoms with Gasteiger partial charge in [-0.2, -0.15) is 0 Å². The van der Waals surface area contributed by atoms with E-state index >= 15 is 0 Å². The highest BCUT2D eigenvalue weighted by molar-refractivity contribution is 5.78. The Labute approximate surface area is 131 Å². The molecule has 1 aliphatic heterocycles. The monoisotopic (exact) mass is 304 g/mol. The lowest BCUT2D eigenvalue weighted by atomic mass is 10.0. The van der Waals surface area contributed by atoms with Crippen molar-refractivity contribution >= 4 is 11.8 Å². The van der Waals surface area contributed by atoms with E-state index in [4.69, 9.17) is 0 Å². The molecule has 120 valence electrons. The van der Waals surface area contributed by atoms with Gasteiger partial charge >= 0.3 is 0 Å². The van der Waals surface area contributed by atoms with Crippen LogP contribution in [0.15, 0.2) is 30.3 Å². The Bertz CT molecular complexity index is 504. The number of carbonyl (C=O) groups excluding carboxylic acids is 2. The van der Waals surface area contributed by atoms with Gasteiger partial charge in [0.15, 0.2) is 0 Å². The lowest BCUT2D eigenvalue weighted by Crippen LogP contribution is -2.49. The van der Waals surface area contributed by atoms with Crippen molar-refractivity contribution in [2.45, 2.75) is 44.8 Å². The molecular formula is C17H24N2O3. The maximum absolute atomic E-state index is 12.3. The molecule has 1 heterocycles. The number of benzene rings is 1. The van der Waals surface area contributed by atoms with Gasteiger partial charge in [0.25, 0.3) is 0 Å². The molecule has 0 spiro atoms. The van der Waals surface area contributed by atoms with Gasteiger partial charge in [-0.1, -0.05) is 37.3 Å². The molecule has 0 aliphatic carbocycles. The second-order valence-electron chi connectivity index (χ2n) is 5.73. The Morgan fingerprint density at radius 3 is 2.77 bits per heavy atom. The molecule has 5 heteroatoms. The summed E-state index contributed by atoms with van der Waals surface area (Å²) in [6, 6.07) is 9.24. The number of nitrogens with one attached hydrogen (secondary N) is 1. The molecule has 1 fully saturated rings. The van der Waals surface area contributed by atoms with E-state index in [-0.39, 0.29) is 24.3 Å². The molecule has 1 aliphatic rings. The number of rotatable bonds is 5. The average molecular weight is 304 g/mol. The highest BCUT2D eigenvalue weighted by Crippen LogP contribution is 2.19. The van der Waals surface area contributed by atoms with Gasteiger partial charge in [-0.25, -0.2) is 0 Å². The fraction of sp³-hybridized carbons (Fsp3) is 0.529. The minimum Gasteiger partial charge on any atom is -0.388 e. The largest absolute Gasteiger partial charge is 0.388 e. The topological polar surface area (TPSA) is 69.6 Å². The van der Waals surface area contributed by atoms with E-state index in [1.54, 1.807) is 4.90 Å². The average Bonchev–Trinajstić information content (AvgIpc) is 2.55. The van der Waals surface area contributed by atoms with Gasteiger partial charge in [-0.05, 0) is 18.4 Å². The van der Waals surface area contributed by atoms with Gasteiger partial charge in [-0.3, -0.25) is 9.59 Å². The zero-order chi connectivity index (χ0) is 15.9. The van der Waals surface area contributed by atoms with E-state index in [2.05, 4.69) is 5.32 Å². The van der Waals surface area contributed by atoms with Gasteiger partial charge in [-0.15, -0.1) is 0 Å². The first kappa shape index (κ1) is 16.5. The van der Waals surface area contributed by atoms with Gasteiger partial charge < -0.3 is 15.3 Å². The maximum Gasteiger partial charge on any atom is 0.225 e. The summed E-state index contributed by atoms with van der Waals surface area (Å²) in [5.41, 5.74) is 0.753. The van der Waals surface area contributed by atoms with E-state index in [0.717, 1.165) is 18.4 Å². The van der Waals surface area contributed by atoms with Crippen LogP contribution in [0.1, 0.15) is 44.3 Å². The molecule has 0 radical (unpaired) electrons. The van der Waals surface area contributed by atoms with Crippen LogP contribution in [0.4, 0.5) is 0 Å². The zero-order valence-corrected chi connectivity index (χ0v) is 13.0. The Morgan fingerprint density at radius 1 is 1.36 bits per heavy atom. The molecular weight excluding hydrogens is 280 g/mol. The van der Waals surface area contributed by atoms with Gasteiger partial charge in [0.05, 0.1) is 12.5 Å². The first-order valence-electron chi connectivity index (χ1n) is 7.90. The SMILES string of the molecule is CCC(=O)NC1CCCN(C(=O)CC(O)c2ccccc2)C1. The maximum atomic E-state index is 12.3. The molecule has 2 N–H and O–H groups in total. The van der Waals surface area contributed by atoms with E-state index in [9.17, 15) is 14.7 Å². The van der Waals surface area contributed by atoms with Crippen LogP contribution in [0.5, 0.6) is 0 Å². The highest BCUT2D eigenvalue weighted by atomic mass is 16.3. The van der Waals surface area contributed by atoms with Crippen molar-refractivity contribution in [1.82, 2.24) is 10.2 Å². The van der Waals surface area contributed by atoms with Crippen LogP contribution in [-0.2, 0) is 9.59 Å². The Balaban J connectivity index is 1.87. The smallest absolute Gasteiger partial charge is 0.225 e. The number of likely N-dealkylation sites (tertiary alicyclic amines) is 1. The molecule has 2 rings (SSSR count). The van der Waals surface area contributed by atoms with Crippen LogP contribution in [0.2, 0.25) is 0 Å². The predicted octanol–water partition coefficient (Wildman–Crippen LogP) is 1.63. The van der Waals surface area contributed by atoms with Crippen LogP contribution in [0.3, 0.4) is 0 Å². The lowest BCUT2D eigenvalue weighted by Gasteiger charge is -2.33. The van der Waals surface area contributed by atoms with Gasteiger partial charge in [0.2, 0.25) is 11.8 Å². The number of hydrogen-bond acceptors (Lipinski definition) is 3. The summed E-state index contributed by atoms with van der Waals surface area (Å²) in [6.07, 6.45) is 1.54. The molecule has 1 aromatic rings. The van der Waals surface area contributed by atoms with Crippen LogP contribution in [-0.4, -0.2) is 41.0 Å². The molecule has 2 unspecified atom stereocenters. The van der Waals surface area contributed by atoms with Crippen molar-refractivity contribution in [3.8, 4) is 0 Å². The van der Waals surface area contributed by atoms with Crippen LogP contribution >= 0.6 is 0 Å². The molecule has 1 saturated heterocycles. The molecule has 0 aromatic heterocycles. The zero-order valence-electron chi connectivity index (χ0n) is 13.0. The van der Waals surface area contributed by atoms with E-state index in [1.807, 2.05) is 37.3 Å². The van der Waals surface area contributed by atoms with Gasteiger partial charge in [0, 0.05) is 25.6 Å². The fourth-order valence-corrected chi connectivity index (χ4v) is 2.74. The quantitative estimate of drug-likeness (QED) is 0.868. The number of carbonyl (C=O) groups is 2. The standard InChI is InChI=1S/C17H24N2O3/c1-2-16(21)18-14-9-6-10-19(12-14)17(22)11-15(20)13-7-4-3-5-8-13/h3-5,7-8,14-15,20H,2,6,9-12H2,1H3,(H,18,21). The first-order valence-corrected chi connectivity index (χ1v) is 7.90. The molecule has 2 atom stereocenters. The second kappa shape index (κ2) is 7.94. The number of amides is 2. The number of nitrogens with zero attached hydrogens (tertiary/aromatic N) is 1. The molecule has 0 bridgehead atoms. The molecule has 5 nitrogen and oxygen atoms in total. The van der Waals surface area contributed by atoms with Crippen LogP contribution < -0.4 is 5.32 Å². The number of hydrogen-bond donors (Lipinski definition) is 2. The summed E-state index contributed by atoms with van der Waals surface area (Å²) in [5.74, 6) is -0.0459. The molecule has 22 heavy (non-hydrogen) atoms. The van der Waals surface area contributed by atoms with E-state index in [1.165, 1.54) is 0 Å². The third kappa shape index (κ3) is 4.56. The summed E-state index contributed by atoms with van der Waals surface area (Å²) < 4.78 is 0. The third-order valence-electron chi connectivity index (χ3n) is 4.01. The van der Waals surface area contributed by atoms with Crippen molar-refractivity contribution in [3.05, 3.63) is 35.9 Å². The summed E-state index contributed by atoms with van der Waals surface area (Å²) in [6.45, 7) is 3.04. The van der Waals surface area contributed by atoms with Crippen molar-refractivity contribution in [1.29, 1.82) is 0 Å². The summed E-state index contributed by atoms with van der Waals surface area (Å²) in [4.78, 5) is 25.5. The van der Waals surface area contributed by atoms with E-state index < -0.39 is 6.10 Å². The first-order chi connectivity index (χ1) is 10.6. The Morgan fingerprint density at radius 2 is 2.09 bits per heavy atom. The Kier molecular flexibility index (Phi) is 5.95. The normalized spacial score (nSPS) is 19.5. The molecule has 1 aromatic carbocycles. The van der Waals surface area contributed by atoms with Gasteiger partial charge in [0.1, 0.15) is 0 Å².